The topological polar surface area (TPSA) is 35.5 Å². The zero-order valence-electron chi connectivity index (χ0n) is 14.3. The molecule has 152 valence electrons. The summed E-state index contributed by atoms with van der Waals surface area (Å²) in [6.07, 6.45) is -5.25. The van der Waals surface area contributed by atoms with Crippen LogP contribution in [0.25, 0.3) is 10.8 Å². The van der Waals surface area contributed by atoms with E-state index in [1.807, 2.05) is 0 Å². The minimum Gasteiger partial charge on any atom is -0.497 e. The molecule has 0 saturated heterocycles. The summed E-state index contributed by atoms with van der Waals surface area (Å²) in [5, 5.41) is -0.936. The van der Waals surface area contributed by atoms with E-state index in [0.29, 0.717) is 6.07 Å². The monoisotopic (exact) mass is 418 g/mol. The van der Waals surface area contributed by atoms with E-state index >= 15 is 0 Å². The van der Waals surface area contributed by atoms with Crippen molar-refractivity contribution in [1.29, 1.82) is 0 Å². The van der Waals surface area contributed by atoms with Crippen LogP contribution in [0.5, 0.6) is 11.5 Å². The average molecular weight is 418 g/mol. The Kier molecular flexibility index (Phi) is 5.12. The lowest BCUT2D eigenvalue weighted by Crippen LogP contribution is -2.14. The molecule has 0 aliphatic heterocycles. The molecule has 0 heterocycles. The molecule has 0 aliphatic rings. The Morgan fingerprint density at radius 1 is 0.862 bits per heavy atom. The van der Waals surface area contributed by atoms with Gasteiger partial charge in [0.25, 0.3) is 0 Å². The van der Waals surface area contributed by atoms with E-state index in [2.05, 4.69) is 4.74 Å². The molecule has 0 saturated carbocycles. The van der Waals surface area contributed by atoms with Gasteiger partial charge in [-0.15, -0.1) is 0 Å². The number of esters is 1. The number of benzene rings is 3. The highest BCUT2D eigenvalue weighted by Crippen LogP contribution is 2.37. The van der Waals surface area contributed by atoms with E-state index in [1.54, 1.807) is 0 Å². The molecule has 0 fully saturated rings. The zero-order chi connectivity index (χ0) is 21.5. The van der Waals surface area contributed by atoms with Gasteiger partial charge in [-0.2, -0.15) is 13.2 Å². The van der Waals surface area contributed by atoms with Crippen molar-refractivity contribution in [3.05, 3.63) is 70.8 Å². The molecule has 0 radical (unpaired) electrons. The Morgan fingerprint density at radius 2 is 1.48 bits per heavy atom. The molecule has 0 atom stereocenters. The summed E-state index contributed by atoms with van der Waals surface area (Å²) in [6.45, 7) is 0. The molecule has 3 aromatic rings. The third-order valence-electron chi connectivity index (χ3n) is 3.95. The molecule has 0 amide bonds. The Labute approximate surface area is 158 Å². The van der Waals surface area contributed by atoms with Gasteiger partial charge in [0.15, 0.2) is 0 Å². The lowest BCUT2D eigenvalue weighted by Gasteiger charge is -2.12. The molecule has 0 N–H and O–H groups in total. The Hall–Kier alpha value is -3.30. The van der Waals surface area contributed by atoms with Crippen LogP contribution in [0.15, 0.2) is 36.4 Å². The van der Waals surface area contributed by atoms with Gasteiger partial charge < -0.3 is 9.47 Å². The van der Waals surface area contributed by atoms with Gasteiger partial charge in [0, 0.05) is 17.5 Å². The molecule has 0 spiro atoms. The van der Waals surface area contributed by atoms with Crippen molar-refractivity contribution >= 4 is 16.7 Å². The first-order chi connectivity index (χ1) is 13.5. The van der Waals surface area contributed by atoms with Crippen molar-refractivity contribution in [3.8, 4) is 11.5 Å². The highest BCUT2D eigenvalue weighted by atomic mass is 19.4. The smallest absolute Gasteiger partial charge is 0.422 e. The van der Waals surface area contributed by atoms with E-state index in [4.69, 9.17) is 4.74 Å². The first kappa shape index (κ1) is 20.4. The number of carbonyl (C=O) groups is 1. The number of halogens is 7. The predicted molar refractivity (Wildman–Crippen MR) is 86.7 cm³/mol. The van der Waals surface area contributed by atoms with Crippen LogP contribution >= 0.6 is 0 Å². The summed E-state index contributed by atoms with van der Waals surface area (Å²) in [5.41, 5.74) is -3.10. The second-order valence-corrected chi connectivity index (χ2v) is 5.78. The van der Waals surface area contributed by atoms with Gasteiger partial charge in [-0.05, 0) is 29.7 Å². The van der Waals surface area contributed by atoms with Crippen molar-refractivity contribution in [2.75, 3.05) is 7.11 Å². The number of hydrogen-bond donors (Lipinski definition) is 0. The Balaban J connectivity index is 1.99. The van der Waals surface area contributed by atoms with Crippen molar-refractivity contribution < 1.29 is 45.0 Å². The van der Waals surface area contributed by atoms with Gasteiger partial charge in [0.05, 0.1) is 7.11 Å². The fourth-order valence-electron chi connectivity index (χ4n) is 2.65. The number of hydrogen-bond acceptors (Lipinski definition) is 3. The number of carbonyl (C=O) groups excluding carboxylic acids is 1. The summed E-state index contributed by atoms with van der Waals surface area (Å²) in [6, 6.07) is 4.47. The summed E-state index contributed by atoms with van der Waals surface area (Å²) in [5.74, 6) is -8.30. The molecule has 0 unspecified atom stereocenters. The van der Waals surface area contributed by atoms with Crippen LogP contribution in [-0.4, -0.2) is 13.1 Å². The third kappa shape index (κ3) is 3.82. The molecular formula is C19H9F7O3. The largest absolute Gasteiger partial charge is 0.497 e. The zero-order valence-corrected chi connectivity index (χ0v) is 14.3. The lowest BCUT2D eigenvalue weighted by atomic mass is 10.0. The maximum absolute atomic E-state index is 14.1. The van der Waals surface area contributed by atoms with E-state index in [0.717, 1.165) is 37.4 Å². The molecule has 0 aliphatic carbocycles. The van der Waals surface area contributed by atoms with Crippen molar-refractivity contribution in [2.45, 2.75) is 6.18 Å². The predicted octanol–water partition coefficient (Wildman–Crippen LogP) is 5.64. The Morgan fingerprint density at radius 3 is 2.03 bits per heavy atom. The van der Waals surface area contributed by atoms with Crippen molar-refractivity contribution in [1.82, 2.24) is 0 Å². The summed E-state index contributed by atoms with van der Waals surface area (Å²) >= 11 is 0. The molecule has 10 heteroatoms. The molecule has 0 aromatic heterocycles. The van der Waals surface area contributed by atoms with Crippen LogP contribution in [0, 0.1) is 23.3 Å². The van der Waals surface area contributed by atoms with E-state index in [1.165, 1.54) is 0 Å². The number of rotatable bonds is 3. The van der Waals surface area contributed by atoms with E-state index < -0.39 is 57.7 Å². The first-order valence-corrected chi connectivity index (χ1v) is 7.77. The summed E-state index contributed by atoms with van der Waals surface area (Å²) < 4.78 is 103. The minimum atomic E-state index is -5.25. The van der Waals surface area contributed by atoms with Crippen molar-refractivity contribution in [3.63, 3.8) is 0 Å². The fourth-order valence-corrected chi connectivity index (χ4v) is 2.65. The second kappa shape index (κ2) is 7.26. The van der Waals surface area contributed by atoms with E-state index in [9.17, 15) is 35.5 Å². The quantitative estimate of drug-likeness (QED) is 0.314. The van der Waals surface area contributed by atoms with Crippen LogP contribution in [0.4, 0.5) is 30.7 Å². The maximum atomic E-state index is 14.1. The number of alkyl halides is 3. The van der Waals surface area contributed by atoms with Crippen LogP contribution in [0.2, 0.25) is 0 Å². The second-order valence-electron chi connectivity index (χ2n) is 5.78. The molecule has 3 aromatic carbocycles. The van der Waals surface area contributed by atoms with Crippen LogP contribution in [0.3, 0.4) is 0 Å². The highest BCUT2D eigenvalue weighted by Gasteiger charge is 2.38. The average Bonchev–Trinajstić information content (AvgIpc) is 2.59. The van der Waals surface area contributed by atoms with Crippen LogP contribution in [0.1, 0.15) is 15.9 Å². The number of fused-ring (bicyclic) bond motifs is 1. The summed E-state index contributed by atoms with van der Waals surface area (Å²) in [7, 11) is 1.16. The highest BCUT2D eigenvalue weighted by molar-refractivity contribution is 5.93. The van der Waals surface area contributed by atoms with Gasteiger partial charge in [-0.3, -0.25) is 0 Å². The summed E-state index contributed by atoms with van der Waals surface area (Å²) in [4.78, 5) is 12.1. The fraction of sp³-hybridized carbons (Fsp3) is 0.105. The Bertz CT molecular complexity index is 1100. The molecule has 0 bridgehead atoms. The normalized spacial score (nSPS) is 11.6. The third-order valence-corrected chi connectivity index (χ3v) is 3.95. The minimum absolute atomic E-state index is 0.186. The molecule has 29 heavy (non-hydrogen) atoms. The van der Waals surface area contributed by atoms with Crippen molar-refractivity contribution in [2.24, 2.45) is 0 Å². The first-order valence-electron chi connectivity index (χ1n) is 7.77. The number of methoxy groups -OCH3 is 1. The lowest BCUT2D eigenvalue weighted by molar-refractivity contribution is -0.142. The standard InChI is InChI=1S/C19H9F7O3/c1-28-10-6-12(20)15(13(21)7-10)18(27)29-9-2-3-11-8(4-9)5-14(22)16(17(11)23)19(24,25)26/h2-7H,1H3. The number of ether oxygens (including phenoxy) is 2. The van der Waals surface area contributed by atoms with Crippen LogP contribution in [-0.2, 0) is 6.18 Å². The van der Waals surface area contributed by atoms with Gasteiger partial charge in [-0.1, -0.05) is 0 Å². The van der Waals surface area contributed by atoms with E-state index in [-0.39, 0.29) is 11.1 Å². The molecular weight excluding hydrogens is 409 g/mol. The van der Waals surface area contributed by atoms with Gasteiger partial charge in [0.1, 0.15) is 45.9 Å². The molecule has 3 nitrogen and oxygen atoms in total. The van der Waals surface area contributed by atoms with Gasteiger partial charge in [0.2, 0.25) is 0 Å². The van der Waals surface area contributed by atoms with Gasteiger partial charge >= 0.3 is 12.1 Å². The van der Waals surface area contributed by atoms with Gasteiger partial charge in [-0.25, -0.2) is 22.4 Å². The molecule has 3 rings (SSSR count). The van der Waals surface area contributed by atoms with Crippen LogP contribution < -0.4 is 9.47 Å². The SMILES string of the molecule is COc1cc(F)c(C(=O)Oc2ccc3c(F)c(C(F)(F)F)c(F)cc3c2)c(F)c1. The maximum Gasteiger partial charge on any atom is 0.422 e.